The van der Waals surface area contributed by atoms with E-state index in [2.05, 4.69) is 20.3 Å². The summed E-state index contributed by atoms with van der Waals surface area (Å²) in [5.74, 6) is -0.0284. The van der Waals surface area contributed by atoms with Gasteiger partial charge in [0, 0.05) is 48.4 Å². The number of carbonyl (C=O) groups excluding carboxylic acids is 1. The molecule has 4 heterocycles. The van der Waals surface area contributed by atoms with Gasteiger partial charge in [0.1, 0.15) is 5.82 Å². The maximum atomic E-state index is 15.0. The van der Waals surface area contributed by atoms with E-state index < -0.39 is 11.9 Å². The van der Waals surface area contributed by atoms with E-state index in [1.165, 1.54) is 6.07 Å². The molecule has 32 heavy (non-hydrogen) atoms. The lowest BCUT2D eigenvalue weighted by atomic mass is 9.91. The highest BCUT2D eigenvalue weighted by atomic mass is 19.1. The Morgan fingerprint density at radius 2 is 1.91 bits per heavy atom. The lowest BCUT2D eigenvalue weighted by Crippen LogP contribution is -2.34. The summed E-state index contributed by atoms with van der Waals surface area (Å²) in [7, 11) is 0. The van der Waals surface area contributed by atoms with Gasteiger partial charge in [-0.2, -0.15) is 0 Å². The zero-order valence-corrected chi connectivity index (χ0v) is 18.3. The van der Waals surface area contributed by atoms with Crippen molar-refractivity contribution in [3.8, 4) is 11.3 Å². The van der Waals surface area contributed by atoms with Gasteiger partial charge in [0.2, 0.25) is 5.95 Å². The van der Waals surface area contributed by atoms with Crippen molar-refractivity contribution in [1.82, 2.24) is 20.3 Å². The van der Waals surface area contributed by atoms with Gasteiger partial charge < -0.3 is 10.2 Å². The minimum absolute atomic E-state index is 0.0748. The standard InChI is InChI=1S/C25H24FN5O/c1-14-7-8-27-21(9-14)18-5-4-6-20(26)22(18)24(32)23-19-13-31(12-17(19)11-28-23)25-29-15(2)10-16(3)30-25/h4-10,13,17,23,28H,11-12H2,1-3H3. The maximum absolute atomic E-state index is 15.0. The molecule has 0 bridgehead atoms. The molecule has 0 saturated carbocycles. The lowest BCUT2D eigenvalue weighted by molar-refractivity contribution is 0.0963. The quantitative estimate of drug-likeness (QED) is 0.637. The summed E-state index contributed by atoms with van der Waals surface area (Å²) in [5.41, 5.74) is 4.92. The van der Waals surface area contributed by atoms with E-state index in [0.717, 1.165) is 22.5 Å². The van der Waals surface area contributed by atoms with Crippen LogP contribution in [-0.2, 0) is 0 Å². The molecular formula is C25H24FN5O. The predicted octanol–water partition coefficient (Wildman–Crippen LogP) is 3.78. The van der Waals surface area contributed by atoms with E-state index >= 15 is 0 Å². The highest BCUT2D eigenvalue weighted by Gasteiger charge is 2.41. The molecule has 0 radical (unpaired) electrons. The SMILES string of the molecule is Cc1ccnc(-c2cccc(F)c2C(=O)C2NCC3CN(c4nc(C)cc(C)n4)C=C32)c1. The molecule has 1 aromatic carbocycles. The number of ketones is 1. The van der Waals surface area contributed by atoms with Crippen molar-refractivity contribution >= 4 is 11.7 Å². The number of pyridine rings is 1. The van der Waals surface area contributed by atoms with Gasteiger partial charge in [-0.05, 0) is 56.2 Å². The van der Waals surface area contributed by atoms with Crippen LogP contribution in [0.5, 0.6) is 0 Å². The highest BCUT2D eigenvalue weighted by molar-refractivity contribution is 6.07. The Balaban J connectivity index is 1.51. The number of aryl methyl sites for hydroxylation is 3. The van der Waals surface area contributed by atoms with Crippen LogP contribution in [0.3, 0.4) is 0 Å². The second kappa shape index (κ2) is 7.91. The van der Waals surface area contributed by atoms with Gasteiger partial charge in [-0.15, -0.1) is 0 Å². The molecule has 0 amide bonds. The van der Waals surface area contributed by atoms with Crippen LogP contribution in [0, 0.1) is 32.5 Å². The van der Waals surface area contributed by atoms with Crippen LogP contribution in [0.15, 0.2) is 54.4 Å². The van der Waals surface area contributed by atoms with Gasteiger partial charge >= 0.3 is 0 Å². The number of aromatic nitrogens is 3. The molecule has 1 fully saturated rings. The smallest absolute Gasteiger partial charge is 0.229 e. The van der Waals surface area contributed by atoms with E-state index in [1.54, 1.807) is 18.3 Å². The number of benzene rings is 1. The number of hydrogen-bond donors (Lipinski definition) is 1. The van der Waals surface area contributed by atoms with Gasteiger partial charge in [-0.3, -0.25) is 9.78 Å². The number of anilines is 1. The molecule has 2 aliphatic rings. The first kappa shape index (κ1) is 20.5. The van der Waals surface area contributed by atoms with E-state index in [-0.39, 0.29) is 17.3 Å². The van der Waals surface area contributed by atoms with Gasteiger partial charge in [-0.25, -0.2) is 14.4 Å². The van der Waals surface area contributed by atoms with E-state index in [1.807, 2.05) is 50.1 Å². The Morgan fingerprint density at radius 3 is 2.66 bits per heavy atom. The first-order valence-electron chi connectivity index (χ1n) is 10.7. The molecule has 162 valence electrons. The lowest BCUT2D eigenvalue weighted by Gasteiger charge is -2.17. The van der Waals surface area contributed by atoms with Gasteiger partial charge in [-0.1, -0.05) is 12.1 Å². The Bertz CT molecular complexity index is 1230. The second-order valence-electron chi connectivity index (χ2n) is 8.52. The molecule has 5 rings (SSSR count). The number of nitrogens with one attached hydrogen (secondary N) is 1. The fourth-order valence-electron chi connectivity index (χ4n) is 4.59. The number of rotatable bonds is 4. The van der Waals surface area contributed by atoms with Crippen LogP contribution in [0.25, 0.3) is 11.3 Å². The average molecular weight is 429 g/mol. The molecule has 0 spiro atoms. The summed E-state index contributed by atoms with van der Waals surface area (Å²) in [6, 6.07) is 9.78. The Labute approximate surface area is 186 Å². The van der Waals surface area contributed by atoms with Crippen LogP contribution in [0.2, 0.25) is 0 Å². The van der Waals surface area contributed by atoms with Crippen LogP contribution >= 0.6 is 0 Å². The molecule has 2 atom stereocenters. The molecular weight excluding hydrogens is 405 g/mol. The normalized spacial score (nSPS) is 19.8. The number of fused-ring (bicyclic) bond motifs is 1. The van der Waals surface area contributed by atoms with Crippen LogP contribution in [0.4, 0.5) is 10.3 Å². The van der Waals surface area contributed by atoms with Crippen molar-refractivity contribution in [2.45, 2.75) is 26.8 Å². The molecule has 0 aliphatic carbocycles. The second-order valence-corrected chi connectivity index (χ2v) is 8.52. The molecule has 3 aromatic rings. The van der Waals surface area contributed by atoms with Crippen molar-refractivity contribution < 1.29 is 9.18 Å². The summed E-state index contributed by atoms with van der Waals surface area (Å²) < 4.78 is 15.0. The number of nitrogens with zero attached hydrogens (tertiary/aromatic N) is 4. The summed E-state index contributed by atoms with van der Waals surface area (Å²) >= 11 is 0. The molecule has 6 nitrogen and oxygen atoms in total. The molecule has 1 N–H and O–H groups in total. The summed E-state index contributed by atoms with van der Waals surface area (Å²) in [4.78, 5) is 29.1. The summed E-state index contributed by atoms with van der Waals surface area (Å²) in [5, 5.41) is 3.30. The van der Waals surface area contributed by atoms with Crippen LogP contribution in [-0.4, -0.2) is 39.9 Å². The van der Waals surface area contributed by atoms with Gasteiger partial charge in [0.25, 0.3) is 0 Å². The zero-order valence-electron chi connectivity index (χ0n) is 18.3. The number of carbonyl (C=O) groups is 1. The number of Topliss-reactive ketones (excluding diaryl/α,β-unsaturated/α-hetero) is 1. The van der Waals surface area contributed by atoms with Crippen molar-refractivity contribution in [2.75, 3.05) is 18.0 Å². The van der Waals surface area contributed by atoms with Crippen LogP contribution in [0.1, 0.15) is 27.3 Å². The third-order valence-electron chi connectivity index (χ3n) is 6.04. The van der Waals surface area contributed by atoms with Gasteiger partial charge in [0.15, 0.2) is 5.78 Å². The van der Waals surface area contributed by atoms with Crippen molar-refractivity contribution in [1.29, 1.82) is 0 Å². The van der Waals surface area contributed by atoms with Crippen LogP contribution < -0.4 is 10.2 Å². The minimum Gasteiger partial charge on any atom is -0.316 e. The molecule has 2 aliphatic heterocycles. The fourth-order valence-corrected chi connectivity index (χ4v) is 4.59. The van der Waals surface area contributed by atoms with Crippen molar-refractivity contribution in [3.05, 3.63) is 82.7 Å². The van der Waals surface area contributed by atoms with E-state index in [4.69, 9.17) is 0 Å². The number of hydrogen-bond acceptors (Lipinski definition) is 6. The average Bonchev–Trinajstić information content (AvgIpc) is 3.33. The third-order valence-corrected chi connectivity index (χ3v) is 6.04. The molecule has 2 unspecified atom stereocenters. The fraction of sp³-hybridized carbons (Fsp3) is 0.280. The number of halogens is 1. The first-order valence-corrected chi connectivity index (χ1v) is 10.7. The summed E-state index contributed by atoms with van der Waals surface area (Å²) in [6.07, 6.45) is 3.63. The maximum Gasteiger partial charge on any atom is 0.229 e. The summed E-state index contributed by atoms with van der Waals surface area (Å²) in [6.45, 7) is 7.17. The zero-order chi connectivity index (χ0) is 22.4. The topological polar surface area (TPSA) is 71.0 Å². The van der Waals surface area contributed by atoms with Crippen molar-refractivity contribution in [2.24, 2.45) is 5.92 Å². The van der Waals surface area contributed by atoms with Gasteiger partial charge in [0.05, 0.1) is 17.3 Å². The minimum atomic E-state index is -0.587. The predicted molar refractivity (Wildman–Crippen MR) is 121 cm³/mol. The van der Waals surface area contributed by atoms with E-state index in [9.17, 15) is 9.18 Å². The van der Waals surface area contributed by atoms with Crippen molar-refractivity contribution in [3.63, 3.8) is 0 Å². The monoisotopic (exact) mass is 429 g/mol. The van der Waals surface area contributed by atoms with E-state index in [0.29, 0.717) is 30.3 Å². The molecule has 2 aromatic heterocycles. The molecule has 1 saturated heterocycles. The third kappa shape index (κ3) is 3.58. The largest absolute Gasteiger partial charge is 0.316 e. The Hall–Kier alpha value is -3.45. The Morgan fingerprint density at radius 1 is 1.12 bits per heavy atom. The molecule has 7 heteroatoms. The Kier molecular flexibility index (Phi) is 5.06. The first-order chi connectivity index (χ1) is 15.4. The highest BCUT2D eigenvalue weighted by Crippen LogP contribution is 2.35.